The smallest absolute Gasteiger partial charge is 0.186 e. The number of nitrogen functional groups attached to an aromatic ring is 1. The Morgan fingerprint density at radius 3 is 2.88 bits per heavy atom. The first kappa shape index (κ1) is 16.0. The molecule has 1 fully saturated rings. The molecule has 0 atom stereocenters. The van der Waals surface area contributed by atoms with Crippen LogP contribution in [-0.2, 0) is 4.74 Å². The van der Waals surface area contributed by atoms with Crippen molar-refractivity contribution in [3.05, 3.63) is 34.7 Å². The van der Waals surface area contributed by atoms with Crippen LogP contribution in [0.25, 0.3) is 21.7 Å². The zero-order valence-electron chi connectivity index (χ0n) is 13.3. The second kappa shape index (κ2) is 6.80. The summed E-state index contributed by atoms with van der Waals surface area (Å²) in [5.41, 5.74) is 9.01. The SMILES string of the molecule is N#Cc1c(-c2cnc(N3CCOCC3)s2)cc(-c2ccsc2)nc1N. The van der Waals surface area contributed by atoms with Crippen LogP contribution in [0.1, 0.15) is 5.56 Å². The molecule has 3 aromatic rings. The molecule has 0 bridgehead atoms. The van der Waals surface area contributed by atoms with Gasteiger partial charge in [0.05, 0.1) is 23.8 Å². The zero-order chi connectivity index (χ0) is 17.2. The first-order valence-electron chi connectivity index (χ1n) is 7.78. The van der Waals surface area contributed by atoms with Gasteiger partial charge in [0.25, 0.3) is 0 Å². The maximum atomic E-state index is 9.53. The molecule has 0 aromatic carbocycles. The molecule has 8 heteroatoms. The number of aromatic nitrogens is 2. The van der Waals surface area contributed by atoms with Crippen LogP contribution in [0.5, 0.6) is 0 Å². The number of anilines is 2. The van der Waals surface area contributed by atoms with Crippen LogP contribution >= 0.6 is 22.7 Å². The van der Waals surface area contributed by atoms with Crippen LogP contribution in [0, 0.1) is 11.3 Å². The van der Waals surface area contributed by atoms with Crippen molar-refractivity contribution in [2.24, 2.45) is 0 Å². The number of thiazole rings is 1. The second-order valence-corrected chi connectivity index (χ2v) is 7.33. The zero-order valence-corrected chi connectivity index (χ0v) is 14.9. The van der Waals surface area contributed by atoms with Crippen LogP contribution in [-0.4, -0.2) is 36.3 Å². The molecule has 0 amide bonds. The number of nitrogens with two attached hydrogens (primary N) is 1. The van der Waals surface area contributed by atoms with E-state index in [2.05, 4.69) is 20.9 Å². The first-order valence-corrected chi connectivity index (χ1v) is 9.54. The van der Waals surface area contributed by atoms with Gasteiger partial charge in [-0.1, -0.05) is 11.3 Å². The first-order chi connectivity index (χ1) is 12.3. The van der Waals surface area contributed by atoms with Crippen LogP contribution in [0.15, 0.2) is 29.1 Å². The third kappa shape index (κ3) is 3.09. The van der Waals surface area contributed by atoms with Crippen LogP contribution in [0.3, 0.4) is 0 Å². The van der Waals surface area contributed by atoms with E-state index in [0.717, 1.165) is 39.9 Å². The molecule has 3 aromatic heterocycles. The number of nitriles is 1. The molecule has 0 unspecified atom stereocenters. The summed E-state index contributed by atoms with van der Waals surface area (Å²) in [6.07, 6.45) is 1.81. The van der Waals surface area contributed by atoms with Gasteiger partial charge in [0.15, 0.2) is 5.13 Å². The minimum atomic E-state index is 0.252. The number of nitrogens with zero attached hydrogens (tertiary/aromatic N) is 4. The van der Waals surface area contributed by atoms with Gasteiger partial charge in [-0.15, -0.1) is 0 Å². The quantitative estimate of drug-likeness (QED) is 0.762. The normalized spacial score (nSPS) is 14.4. The molecule has 0 saturated carbocycles. The van der Waals surface area contributed by atoms with Gasteiger partial charge in [-0.3, -0.25) is 0 Å². The van der Waals surface area contributed by atoms with E-state index in [1.54, 1.807) is 22.7 Å². The molecular weight excluding hydrogens is 354 g/mol. The summed E-state index contributed by atoms with van der Waals surface area (Å²) in [4.78, 5) is 12.0. The highest BCUT2D eigenvalue weighted by Crippen LogP contribution is 2.37. The van der Waals surface area contributed by atoms with Crippen molar-refractivity contribution in [3.8, 4) is 27.8 Å². The van der Waals surface area contributed by atoms with Gasteiger partial charge in [-0.25, -0.2) is 9.97 Å². The lowest BCUT2D eigenvalue weighted by Crippen LogP contribution is -2.36. The van der Waals surface area contributed by atoms with Crippen LogP contribution < -0.4 is 10.6 Å². The fourth-order valence-electron chi connectivity index (χ4n) is 2.72. The molecule has 25 heavy (non-hydrogen) atoms. The number of hydrogen-bond donors (Lipinski definition) is 1. The fraction of sp³-hybridized carbons (Fsp3) is 0.235. The molecule has 4 rings (SSSR count). The predicted octanol–water partition coefficient (Wildman–Crippen LogP) is 3.22. The molecule has 1 aliphatic heterocycles. The highest BCUT2D eigenvalue weighted by Gasteiger charge is 2.19. The number of hydrogen-bond acceptors (Lipinski definition) is 8. The van der Waals surface area contributed by atoms with Gasteiger partial charge < -0.3 is 15.4 Å². The molecule has 6 nitrogen and oxygen atoms in total. The Labute approximate surface area is 153 Å². The molecular formula is C17H15N5OS2. The summed E-state index contributed by atoms with van der Waals surface area (Å²) < 4.78 is 5.39. The number of pyridine rings is 1. The summed E-state index contributed by atoms with van der Waals surface area (Å²) in [7, 11) is 0. The Morgan fingerprint density at radius 1 is 1.32 bits per heavy atom. The van der Waals surface area contributed by atoms with E-state index in [1.165, 1.54) is 0 Å². The lowest BCUT2D eigenvalue weighted by molar-refractivity contribution is 0.122. The lowest BCUT2D eigenvalue weighted by atomic mass is 10.1. The second-order valence-electron chi connectivity index (χ2n) is 5.55. The van der Waals surface area contributed by atoms with Gasteiger partial charge in [0.2, 0.25) is 0 Å². The Hall–Kier alpha value is -2.47. The standard InChI is InChI=1S/C17H15N5OS2/c18-8-13-12(7-14(21-16(13)19)11-1-6-24-10-11)15-9-20-17(25-15)22-2-4-23-5-3-22/h1,6-7,9-10H,2-5H2,(H2,19,21). The topological polar surface area (TPSA) is 88.1 Å². The Morgan fingerprint density at radius 2 is 2.16 bits per heavy atom. The van der Waals surface area contributed by atoms with E-state index in [4.69, 9.17) is 10.5 Å². The Balaban J connectivity index is 1.76. The van der Waals surface area contributed by atoms with Crippen molar-refractivity contribution >= 4 is 33.6 Å². The highest BCUT2D eigenvalue weighted by molar-refractivity contribution is 7.19. The van der Waals surface area contributed by atoms with E-state index in [1.807, 2.05) is 29.1 Å². The predicted molar refractivity (Wildman–Crippen MR) is 101 cm³/mol. The highest BCUT2D eigenvalue weighted by atomic mass is 32.1. The maximum Gasteiger partial charge on any atom is 0.186 e. The third-order valence-corrected chi connectivity index (χ3v) is 5.79. The van der Waals surface area contributed by atoms with Crippen molar-refractivity contribution < 1.29 is 4.74 Å². The molecule has 4 heterocycles. The van der Waals surface area contributed by atoms with Crippen molar-refractivity contribution in [3.63, 3.8) is 0 Å². The average molecular weight is 369 g/mol. The maximum absolute atomic E-state index is 9.53. The Kier molecular flexibility index (Phi) is 4.36. The van der Waals surface area contributed by atoms with E-state index in [0.29, 0.717) is 18.8 Å². The summed E-state index contributed by atoms with van der Waals surface area (Å²) in [5.74, 6) is 0.252. The molecule has 1 aliphatic rings. The van der Waals surface area contributed by atoms with Gasteiger partial charge in [-0.2, -0.15) is 16.6 Å². The van der Waals surface area contributed by atoms with E-state index >= 15 is 0 Å². The minimum absolute atomic E-state index is 0.252. The van der Waals surface area contributed by atoms with Crippen molar-refractivity contribution in [1.29, 1.82) is 5.26 Å². The average Bonchev–Trinajstić information content (AvgIpc) is 3.34. The molecule has 0 radical (unpaired) electrons. The van der Waals surface area contributed by atoms with Gasteiger partial charge in [0.1, 0.15) is 17.5 Å². The Bertz CT molecular complexity index is 923. The van der Waals surface area contributed by atoms with Crippen molar-refractivity contribution in [2.75, 3.05) is 36.9 Å². The molecule has 0 spiro atoms. The number of rotatable bonds is 3. The van der Waals surface area contributed by atoms with Crippen molar-refractivity contribution in [1.82, 2.24) is 9.97 Å². The van der Waals surface area contributed by atoms with Crippen LogP contribution in [0.4, 0.5) is 10.9 Å². The summed E-state index contributed by atoms with van der Waals surface area (Å²) in [5, 5.41) is 14.5. The van der Waals surface area contributed by atoms with E-state index < -0.39 is 0 Å². The molecule has 126 valence electrons. The van der Waals surface area contributed by atoms with Gasteiger partial charge in [-0.05, 0) is 17.5 Å². The van der Waals surface area contributed by atoms with Crippen LogP contribution in [0.2, 0.25) is 0 Å². The minimum Gasteiger partial charge on any atom is -0.383 e. The molecule has 2 N–H and O–H groups in total. The van der Waals surface area contributed by atoms with Crippen molar-refractivity contribution in [2.45, 2.75) is 0 Å². The fourth-order valence-corrected chi connectivity index (χ4v) is 4.36. The summed E-state index contributed by atoms with van der Waals surface area (Å²) >= 11 is 3.16. The van der Waals surface area contributed by atoms with E-state index in [-0.39, 0.29) is 5.82 Å². The molecule has 0 aliphatic carbocycles. The number of morpholine rings is 1. The largest absolute Gasteiger partial charge is 0.383 e. The monoisotopic (exact) mass is 369 g/mol. The van der Waals surface area contributed by atoms with E-state index in [9.17, 15) is 5.26 Å². The lowest BCUT2D eigenvalue weighted by Gasteiger charge is -2.25. The van der Waals surface area contributed by atoms with Gasteiger partial charge in [0, 0.05) is 35.8 Å². The van der Waals surface area contributed by atoms with Gasteiger partial charge >= 0.3 is 0 Å². The number of thiophene rings is 1. The summed E-state index contributed by atoms with van der Waals surface area (Å²) in [6, 6.07) is 6.10. The number of ether oxygens (including phenoxy) is 1. The molecule has 1 saturated heterocycles. The summed E-state index contributed by atoms with van der Waals surface area (Å²) in [6.45, 7) is 3.08. The third-order valence-electron chi connectivity index (χ3n) is 4.02.